The van der Waals surface area contributed by atoms with Crippen molar-refractivity contribution in [3.05, 3.63) is 23.9 Å². The van der Waals surface area contributed by atoms with Gasteiger partial charge in [0.05, 0.1) is 13.2 Å². The molecular weight excluding hydrogens is 449 g/mol. The molecule has 3 rings (SSSR count). The molecule has 25 heavy (non-hydrogen) atoms. The van der Waals surface area contributed by atoms with Crippen LogP contribution in [0.1, 0.15) is 18.4 Å². The normalized spacial score (nSPS) is 20.9. The van der Waals surface area contributed by atoms with E-state index in [9.17, 15) is 0 Å². The Balaban J connectivity index is 0.00000225. The lowest BCUT2D eigenvalue weighted by atomic mass is 10.2. The van der Waals surface area contributed by atoms with Gasteiger partial charge >= 0.3 is 0 Å². The first-order chi connectivity index (χ1) is 11.8. The van der Waals surface area contributed by atoms with Crippen LogP contribution in [0.2, 0.25) is 0 Å². The molecule has 2 aliphatic rings. The second-order valence-electron chi connectivity index (χ2n) is 6.06. The number of aromatic nitrogens is 1. The quantitative estimate of drug-likeness (QED) is 0.385. The lowest BCUT2D eigenvalue weighted by Crippen LogP contribution is -2.40. The Bertz CT molecular complexity index is 548. The largest absolute Gasteiger partial charge is 0.378 e. The molecule has 6 nitrogen and oxygen atoms in total. The van der Waals surface area contributed by atoms with E-state index in [1.54, 1.807) is 0 Å². The number of guanidine groups is 1. The summed E-state index contributed by atoms with van der Waals surface area (Å²) in [6.07, 6.45) is 4.53. The Hall–Kier alpha value is -0.740. The Labute approximate surface area is 171 Å². The Morgan fingerprint density at radius 1 is 1.40 bits per heavy atom. The van der Waals surface area contributed by atoms with E-state index in [1.165, 1.54) is 24.2 Å². The number of thioether (sulfide) groups is 1. The number of aliphatic imine (C=N–C) groups is 1. The van der Waals surface area contributed by atoms with Gasteiger partial charge in [-0.15, -0.1) is 24.0 Å². The highest BCUT2D eigenvalue weighted by Gasteiger charge is 2.16. The van der Waals surface area contributed by atoms with Crippen molar-refractivity contribution in [2.45, 2.75) is 24.6 Å². The summed E-state index contributed by atoms with van der Waals surface area (Å²) in [6, 6.07) is 4.20. The fourth-order valence-electron chi connectivity index (χ4n) is 2.96. The Morgan fingerprint density at radius 3 is 2.96 bits per heavy atom. The van der Waals surface area contributed by atoms with E-state index < -0.39 is 0 Å². The average molecular weight is 477 g/mol. The second kappa shape index (κ2) is 11.1. The van der Waals surface area contributed by atoms with Crippen molar-refractivity contribution in [3.63, 3.8) is 0 Å². The van der Waals surface area contributed by atoms with Crippen LogP contribution in [-0.2, 0) is 11.3 Å². The topological polar surface area (TPSA) is 61.8 Å². The first kappa shape index (κ1) is 20.6. The van der Waals surface area contributed by atoms with Crippen molar-refractivity contribution < 1.29 is 4.74 Å². The van der Waals surface area contributed by atoms with Crippen LogP contribution >= 0.6 is 35.7 Å². The van der Waals surface area contributed by atoms with E-state index in [0.29, 0.717) is 0 Å². The maximum Gasteiger partial charge on any atom is 0.191 e. The summed E-state index contributed by atoms with van der Waals surface area (Å²) in [4.78, 5) is 11.1. The summed E-state index contributed by atoms with van der Waals surface area (Å²) in [6.45, 7) is 5.11. The van der Waals surface area contributed by atoms with Gasteiger partial charge in [0.25, 0.3) is 0 Å². The van der Waals surface area contributed by atoms with Crippen LogP contribution in [0.4, 0.5) is 5.82 Å². The van der Waals surface area contributed by atoms with Gasteiger partial charge in [0, 0.05) is 44.7 Å². The molecule has 2 aliphatic heterocycles. The molecule has 140 valence electrons. The van der Waals surface area contributed by atoms with E-state index >= 15 is 0 Å². The molecule has 2 N–H and O–H groups in total. The van der Waals surface area contributed by atoms with Crippen molar-refractivity contribution in [2.75, 3.05) is 50.5 Å². The highest BCUT2D eigenvalue weighted by atomic mass is 127. The van der Waals surface area contributed by atoms with Crippen LogP contribution in [0.3, 0.4) is 0 Å². The van der Waals surface area contributed by atoms with Crippen LogP contribution in [0, 0.1) is 0 Å². The summed E-state index contributed by atoms with van der Waals surface area (Å²) in [5, 5.41) is 7.55. The maximum atomic E-state index is 5.41. The van der Waals surface area contributed by atoms with Gasteiger partial charge in [-0.3, -0.25) is 4.99 Å². The second-order valence-corrected chi connectivity index (χ2v) is 7.47. The SMILES string of the molecule is CN=C(NCc1ccnc(N2CCOCC2)c1)NCC1CCCS1.I. The van der Waals surface area contributed by atoms with Crippen molar-refractivity contribution in [2.24, 2.45) is 4.99 Å². The lowest BCUT2D eigenvalue weighted by molar-refractivity contribution is 0.122. The predicted molar refractivity (Wildman–Crippen MR) is 116 cm³/mol. The third-order valence-electron chi connectivity index (χ3n) is 4.35. The minimum absolute atomic E-state index is 0. The average Bonchev–Trinajstić information content (AvgIpc) is 3.16. The third-order valence-corrected chi connectivity index (χ3v) is 5.75. The molecule has 2 saturated heterocycles. The number of pyridine rings is 1. The van der Waals surface area contributed by atoms with Gasteiger partial charge in [-0.1, -0.05) is 0 Å². The van der Waals surface area contributed by atoms with Crippen molar-refractivity contribution in [1.29, 1.82) is 0 Å². The molecule has 1 unspecified atom stereocenters. The van der Waals surface area contributed by atoms with Crippen molar-refractivity contribution in [3.8, 4) is 0 Å². The fourth-order valence-corrected chi connectivity index (χ4v) is 4.16. The van der Waals surface area contributed by atoms with E-state index in [4.69, 9.17) is 4.74 Å². The first-order valence-corrected chi connectivity index (χ1v) is 9.74. The van der Waals surface area contributed by atoms with Gasteiger partial charge in [0.15, 0.2) is 5.96 Å². The minimum atomic E-state index is 0. The third kappa shape index (κ3) is 6.49. The van der Waals surface area contributed by atoms with Crippen LogP contribution < -0.4 is 15.5 Å². The van der Waals surface area contributed by atoms with Gasteiger partial charge in [0.1, 0.15) is 5.82 Å². The van der Waals surface area contributed by atoms with Gasteiger partial charge in [0.2, 0.25) is 0 Å². The van der Waals surface area contributed by atoms with Crippen LogP contribution in [-0.4, -0.2) is 61.8 Å². The highest BCUT2D eigenvalue weighted by Crippen LogP contribution is 2.25. The number of nitrogens with one attached hydrogen (secondary N) is 2. The predicted octanol–water partition coefficient (Wildman–Crippen LogP) is 2.10. The number of anilines is 1. The van der Waals surface area contributed by atoms with Crippen LogP contribution in [0.15, 0.2) is 23.3 Å². The molecule has 3 heterocycles. The Kier molecular flexibility index (Phi) is 9.11. The van der Waals surface area contributed by atoms with Gasteiger partial charge in [-0.05, 0) is 36.3 Å². The molecule has 0 aliphatic carbocycles. The minimum Gasteiger partial charge on any atom is -0.378 e. The number of nitrogens with zero attached hydrogens (tertiary/aromatic N) is 3. The van der Waals surface area contributed by atoms with Crippen LogP contribution in [0.5, 0.6) is 0 Å². The van der Waals surface area contributed by atoms with Gasteiger partial charge in [-0.25, -0.2) is 4.98 Å². The number of hydrogen-bond donors (Lipinski definition) is 2. The standard InChI is InChI=1S/C17H27N5OS.HI/c1-18-17(21-13-15-3-2-10-24-15)20-12-14-4-5-19-16(11-14)22-6-8-23-9-7-22;/h4-5,11,15H,2-3,6-10,12-13H2,1H3,(H2,18,20,21);1H. The highest BCUT2D eigenvalue weighted by molar-refractivity contribution is 14.0. The number of hydrogen-bond acceptors (Lipinski definition) is 5. The van der Waals surface area contributed by atoms with E-state index in [2.05, 4.69) is 49.4 Å². The zero-order chi connectivity index (χ0) is 16.6. The maximum absolute atomic E-state index is 5.41. The smallest absolute Gasteiger partial charge is 0.191 e. The van der Waals surface area contributed by atoms with Crippen molar-refractivity contribution in [1.82, 2.24) is 15.6 Å². The summed E-state index contributed by atoms with van der Waals surface area (Å²) >= 11 is 2.06. The number of morpholine rings is 1. The summed E-state index contributed by atoms with van der Waals surface area (Å²) in [5.41, 5.74) is 1.21. The van der Waals surface area contributed by atoms with E-state index in [0.717, 1.165) is 56.4 Å². The molecule has 1 atom stereocenters. The van der Waals surface area contributed by atoms with Crippen LogP contribution in [0.25, 0.3) is 0 Å². The molecule has 0 aromatic carbocycles. The summed E-state index contributed by atoms with van der Waals surface area (Å²) in [7, 11) is 1.82. The fraction of sp³-hybridized carbons (Fsp3) is 0.647. The monoisotopic (exact) mass is 477 g/mol. The molecule has 1 aromatic heterocycles. The number of ether oxygens (including phenoxy) is 1. The summed E-state index contributed by atoms with van der Waals surface area (Å²) < 4.78 is 5.41. The molecule has 8 heteroatoms. The molecule has 0 spiro atoms. The van der Waals surface area contributed by atoms with Gasteiger partial charge < -0.3 is 20.3 Å². The lowest BCUT2D eigenvalue weighted by Gasteiger charge is -2.28. The van der Waals surface area contributed by atoms with E-state index in [-0.39, 0.29) is 24.0 Å². The molecule has 0 amide bonds. The molecule has 2 fully saturated rings. The molecule has 0 saturated carbocycles. The molecule has 0 bridgehead atoms. The Morgan fingerprint density at radius 2 is 2.24 bits per heavy atom. The number of rotatable bonds is 5. The number of halogens is 1. The summed E-state index contributed by atoms with van der Waals surface area (Å²) in [5.74, 6) is 3.19. The van der Waals surface area contributed by atoms with Gasteiger partial charge in [-0.2, -0.15) is 11.8 Å². The molecule has 0 radical (unpaired) electrons. The zero-order valence-corrected chi connectivity index (χ0v) is 17.9. The van der Waals surface area contributed by atoms with E-state index in [1.807, 2.05) is 13.2 Å². The van der Waals surface area contributed by atoms with Crippen molar-refractivity contribution >= 4 is 47.5 Å². The molecule has 1 aromatic rings. The zero-order valence-electron chi connectivity index (χ0n) is 14.7. The first-order valence-electron chi connectivity index (χ1n) is 8.69. The molecular formula is C17H28IN5OS.